The fraction of sp³-hybridized carbons (Fsp3) is 0.208. The average Bonchev–Trinajstić information content (AvgIpc) is 3.36. The summed E-state index contributed by atoms with van der Waals surface area (Å²) in [6.45, 7) is 0.497. The first-order valence-electron chi connectivity index (χ1n) is 10.7. The van der Waals surface area contributed by atoms with Crippen LogP contribution in [0.15, 0.2) is 63.1 Å². The second-order valence-electron chi connectivity index (χ2n) is 7.88. The van der Waals surface area contributed by atoms with Crippen LogP contribution in [-0.2, 0) is 25.4 Å². The normalized spacial score (nSPS) is 12.2. The van der Waals surface area contributed by atoms with Crippen molar-refractivity contribution < 1.29 is 14.3 Å². The summed E-state index contributed by atoms with van der Waals surface area (Å²) in [5.41, 5.74) is 0.825. The number of ether oxygens (including phenoxy) is 2. The Bertz CT molecular complexity index is 1570. The Hall–Kier alpha value is -4.12. The summed E-state index contributed by atoms with van der Waals surface area (Å²) in [7, 11) is 2.96. The number of hydrogen-bond donors (Lipinski definition) is 1. The average molecular weight is 492 g/mol. The van der Waals surface area contributed by atoms with Gasteiger partial charge in [-0.3, -0.25) is 18.7 Å². The van der Waals surface area contributed by atoms with Crippen LogP contribution in [0.2, 0.25) is 0 Å². The SMILES string of the molecule is Cn1c(=O)c2c(SCC(=O)NCc3ccc4c(c3)OCO4)nc(-c3ccccc3)nc2n(C)c1=O. The van der Waals surface area contributed by atoms with E-state index in [0.29, 0.717) is 28.9 Å². The van der Waals surface area contributed by atoms with Crippen LogP contribution >= 0.6 is 11.8 Å². The van der Waals surface area contributed by atoms with E-state index in [0.717, 1.165) is 27.5 Å². The summed E-state index contributed by atoms with van der Waals surface area (Å²) >= 11 is 1.12. The summed E-state index contributed by atoms with van der Waals surface area (Å²) in [6, 6.07) is 14.7. The number of nitrogens with one attached hydrogen (secondary N) is 1. The van der Waals surface area contributed by atoms with Crippen LogP contribution in [0.4, 0.5) is 0 Å². The van der Waals surface area contributed by atoms with Crippen molar-refractivity contribution in [1.82, 2.24) is 24.4 Å². The standard InChI is InChI=1S/C24H21N5O5S/c1-28-21-19(23(31)29(2)24(28)32)22(27-20(26-21)15-6-4-3-5-7-15)35-12-18(30)25-11-14-8-9-16-17(10-14)34-13-33-16/h3-10H,11-13H2,1-2H3,(H,25,30). The van der Waals surface area contributed by atoms with E-state index in [1.54, 1.807) is 13.1 Å². The van der Waals surface area contributed by atoms with Crippen molar-refractivity contribution in [3.8, 4) is 22.9 Å². The van der Waals surface area contributed by atoms with E-state index >= 15 is 0 Å². The van der Waals surface area contributed by atoms with E-state index in [-0.39, 0.29) is 29.5 Å². The molecule has 178 valence electrons. The van der Waals surface area contributed by atoms with Crippen LogP contribution in [0.25, 0.3) is 22.4 Å². The molecule has 0 radical (unpaired) electrons. The molecule has 0 aliphatic carbocycles. The van der Waals surface area contributed by atoms with Gasteiger partial charge in [-0.2, -0.15) is 0 Å². The number of amides is 1. The number of hydrogen-bond acceptors (Lipinski definition) is 8. The first-order valence-corrected chi connectivity index (χ1v) is 11.7. The molecule has 0 saturated heterocycles. The quantitative estimate of drug-likeness (QED) is 0.321. The first-order chi connectivity index (χ1) is 16.9. The number of nitrogens with zero attached hydrogens (tertiary/aromatic N) is 4. The molecule has 10 nitrogen and oxygen atoms in total. The van der Waals surface area contributed by atoms with Crippen LogP contribution < -0.4 is 26.0 Å². The molecule has 0 atom stereocenters. The molecule has 0 fully saturated rings. The topological polar surface area (TPSA) is 117 Å². The number of thioether (sulfide) groups is 1. The molecule has 0 unspecified atom stereocenters. The van der Waals surface area contributed by atoms with E-state index in [1.807, 2.05) is 42.5 Å². The lowest BCUT2D eigenvalue weighted by atomic mass is 10.2. The maximum Gasteiger partial charge on any atom is 0.332 e. The van der Waals surface area contributed by atoms with Gasteiger partial charge < -0.3 is 14.8 Å². The largest absolute Gasteiger partial charge is 0.454 e. The van der Waals surface area contributed by atoms with Crippen molar-refractivity contribution in [3.63, 3.8) is 0 Å². The molecule has 5 rings (SSSR count). The highest BCUT2D eigenvalue weighted by molar-refractivity contribution is 8.00. The van der Waals surface area contributed by atoms with Gasteiger partial charge in [0.15, 0.2) is 23.0 Å². The number of fused-ring (bicyclic) bond motifs is 2. The molecule has 0 saturated carbocycles. The maximum absolute atomic E-state index is 13.0. The molecule has 1 aliphatic rings. The van der Waals surface area contributed by atoms with E-state index in [2.05, 4.69) is 15.3 Å². The Labute approximate surface area is 203 Å². The molecular formula is C24H21N5O5S. The van der Waals surface area contributed by atoms with Crippen LogP contribution in [0, 0.1) is 0 Å². The van der Waals surface area contributed by atoms with Gasteiger partial charge in [0, 0.05) is 26.2 Å². The molecule has 1 aliphatic heterocycles. The minimum atomic E-state index is -0.508. The number of rotatable bonds is 6. The molecule has 4 aromatic rings. The molecule has 0 spiro atoms. The van der Waals surface area contributed by atoms with Gasteiger partial charge in [0.05, 0.1) is 5.75 Å². The minimum absolute atomic E-state index is 0.0247. The van der Waals surface area contributed by atoms with Gasteiger partial charge in [-0.1, -0.05) is 48.2 Å². The number of aromatic nitrogens is 4. The molecular weight excluding hydrogens is 470 g/mol. The van der Waals surface area contributed by atoms with E-state index in [4.69, 9.17) is 9.47 Å². The fourth-order valence-electron chi connectivity index (χ4n) is 3.69. The number of aryl methyl sites for hydroxylation is 1. The number of benzene rings is 2. The van der Waals surface area contributed by atoms with Gasteiger partial charge in [-0.05, 0) is 17.7 Å². The van der Waals surface area contributed by atoms with Crippen LogP contribution in [0.3, 0.4) is 0 Å². The molecule has 2 aromatic carbocycles. The van der Waals surface area contributed by atoms with Gasteiger partial charge in [0.25, 0.3) is 5.56 Å². The predicted molar refractivity (Wildman–Crippen MR) is 131 cm³/mol. The third kappa shape index (κ3) is 4.37. The highest BCUT2D eigenvalue weighted by atomic mass is 32.2. The Morgan fingerprint density at radius 3 is 2.60 bits per heavy atom. The summed E-state index contributed by atoms with van der Waals surface area (Å²) in [4.78, 5) is 47.2. The van der Waals surface area contributed by atoms with Crippen molar-refractivity contribution in [1.29, 1.82) is 0 Å². The monoisotopic (exact) mass is 491 g/mol. The molecule has 11 heteroatoms. The lowest BCUT2D eigenvalue weighted by Gasteiger charge is -2.12. The van der Waals surface area contributed by atoms with Crippen molar-refractivity contribution in [3.05, 3.63) is 74.9 Å². The first kappa shape index (κ1) is 22.7. The lowest BCUT2D eigenvalue weighted by molar-refractivity contribution is -0.118. The fourth-order valence-corrected chi connectivity index (χ4v) is 4.53. The summed E-state index contributed by atoms with van der Waals surface area (Å²) < 4.78 is 13.0. The van der Waals surface area contributed by atoms with E-state index < -0.39 is 11.2 Å². The molecule has 3 heterocycles. The Kier molecular flexibility index (Phi) is 6.00. The van der Waals surface area contributed by atoms with Gasteiger partial charge in [-0.25, -0.2) is 14.8 Å². The van der Waals surface area contributed by atoms with Crippen molar-refractivity contribution in [2.24, 2.45) is 14.1 Å². The van der Waals surface area contributed by atoms with Crippen molar-refractivity contribution in [2.75, 3.05) is 12.5 Å². The zero-order chi connectivity index (χ0) is 24.5. The molecule has 2 aromatic heterocycles. The minimum Gasteiger partial charge on any atom is -0.454 e. The van der Waals surface area contributed by atoms with Crippen molar-refractivity contribution >= 4 is 28.7 Å². The highest BCUT2D eigenvalue weighted by Gasteiger charge is 2.19. The Balaban J connectivity index is 1.42. The van der Waals surface area contributed by atoms with Gasteiger partial charge in [0.1, 0.15) is 10.4 Å². The number of carbonyl (C=O) groups is 1. The zero-order valence-electron chi connectivity index (χ0n) is 19.0. The third-order valence-electron chi connectivity index (χ3n) is 5.57. The summed E-state index contributed by atoms with van der Waals surface area (Å²) in [5, 5.41) is 3.40. The predicted octanol–water partition coefficient (Wildman–Crippen LogP) is 1.83. The van der Waals surface area contributed by atoms with Crippen LogP contribution in [0.1, 0.15) is 5.56 Å². The van der Waals surface area contributed by atoms with Gasteiger partial charge >= 0.3 is 5.69 Å². The smallest absolute Gasteiger partial charge is 0.332 e. The molecule has 1 amide bonds. The van der Waals surface area contributed by atoms with E-state index in [9.17, 15) is 14.4 Å². The number of carbonyl (C=O) groups excluding carboxylic acids is 1. The summed E-state index contributed by atoms with van der Waals surface area (Å²) in [5.74, 6) is 1.48. The van der Waals surface area contributed by atoms with E-state index in [1.165, 1.54) is 11.6 Å². The van der Waals surface area contributed by atoms with Gasteiger partial charge in [0.2, 0.25) is 12.7 Å². The third-order valence-corrected chi connectivity index (χ3v) is 6.54. The van der Waals surface area contributed by atoms with Gasteiger partial charge in [-0.15, -0.1) is 0 Å². The summed E-state index contributed by atoms with van der Waals surface area (Å²) in [6.07, 6.45) is 0. The maximum atomic E-state index is 13.0. The van der Waals surface area contributed by atoms with Crippen LogP contribution in [-0.4, -0.2) is 37.6 Å². The van der Waals surface area contributed by atoms with Crippen LogP contribution in [0.5, 0.6) is 11.5 Å². The lowest BCUT2D eigenvalue weighted by Crippen LogP contribution is -2.37. The second kappa shape index (κ2) is 9.26. The highest BCUT2D eigenvalue weighted by Crippen LogP contribution is 2.32. The Morgan fingerprint density at radius 2 is 1.80 bits per heavy atom. The van der Waals surface area contributed by atoms with Crippen molar-refractivity contribution in [2.45, 2.75) is 11.6 Å². The molecule has 0 bridgehead atoms. The Morgan fingerprint density at radius 1 is 1.03 bits per heavy atom. The zero-order valence-corrected chi connectivity index (χ0v) is 19.8. The molecule has 1 N–H and O–H groups in total. The molecule has 35 heavy (non-hydrogen) atoms. The second-order valence-corrected chi connectivity index (χ2v) is 8.84.